The summed E-state index contributed by atoms with van der Waals surface area (Å²) in [4.78, 5) is 27.8. The molecule has 21 heavy (non-hydrogen) atoms. The van der Waals surface area contributed by atoms with E-state index in [2.05, 4.69) is 4.98 Å². The molecular weight excluding hydrogens is 290 g/mol. The van der Waals surface area contributed by atoms with Gasteiger partial charge in [-0.25, -0.2) is 9.78 Å². The Morgan fingerprint density at radius 2 is 2.19 bits per heavy atom. The zero-order valence-electron chi connectivity index (χ0n) is 10.8. The summed E-state index contributed by atoms with van der Waals surface area (Å²) in [5.41, 5.74) is 6.84. The van der Waals surface area contributed by atoms with Crippen LogP contribution >= 0.6 is 11.3 Å². The van der Waals surface area contributed by atoms with Gasteiger partial charge in [-0.15, -0.1) is 11.3 Å². The molecule has 0 fully saturated rings. The van der Waals surface area contributed by atoms with E-state index in [0.29, 0.717) is 15.8 Å². The fourth-order valence-corrected chi connectivity index (χ4v) is 2.98. The fraction of sp³-hybridized carbons (Fsp3) is 0.0714. The number of hydrogen-bond acceptors (Lipinski definition) is 5. The topological polar surface area (TPSA) is 98.2 Å². The van der Waals surface area contributed by atoms with Gasteiger partial charge >= 0.3 is 5.97 Å². The van der Waals surface area contributed by atoms with Gasteiger partial charge in [-0.2, -0.15) is 0 Å². The molecule has 2 aromatic heterocycles. The van der Waals surface area contributed by atoms with Gasteiger partial charge in [-0.1, -0.05) is 12.1 Å². The Morgan fingerprint density at radius 3 is 2.95 bits per heavy atom. The monoisotopic (exact) mass is 301 g/mol. The maximum absolute atomic E-state index is 12.3. The first kappa shape index (κ1) is 13.3. The summed E-state index contributed by atoms with van der Waals surface area (Å²) in [6, 6.07) is 6.61. The van der Waals surface area contributed by atoms with Crippen molar-refractivity contribution in [1.82, 2.24) is 9.55 Å². The van der Waals surface area contributed by atoms with Crippen molar-refractivity contribution in [3.05, 3.63) is 57.5 Å². The highest BCUT2D eigenvalue weighted by Crippen LogP contribution is 2.19. The van der Waals surface area contributed by atoms with Crippen LogP contribution in [0.1, 0.15) is 15.9 Å². The van der Waals surface area contributed by atoms with Crippen LogP contribution in [0, 0.1) is 0 Å². The normalized spacial score (nSPS) is 10.9. The van der Waals surface area contributed by atoms with Crippen molar-refractivity contribution in [3.8, 4) is 0 Å². The lowest BCUT2D eigenvalue weighted by molar-refractivity contribution is 0.0696. The summed E-state index contributed by atoms with van der Waals surface area (Å²) in [5, 5.41) is 11.0. The van der Waals surface area contributed by atoms with E-state index in [9.17, 15) is 14.7 Å². The third-order valence-corrected chi connectivity index (χ3v) is 4.06. The highest BCUT2D eigenvalue weighted by Gasteiger charge is 2.15. The van der Waals surface area contributed by atoms with E-state index in [1.807, 2.05) is 0 Å². The van der Waals surface area contributed by atoms with E-state index in [1.54, 1.807) is 23.6 Å². The number of nitrogens with two attached hydrogens (primary N) is 1. The lowest BCUT2D eigenvalue weighted by Gasteiger charge is -2.10. The number of anilines is 1. The minimum absolute atomic E-state index is 0.0238. The molecule has 0 saturated heterocycles. The molecule has 0 saturated carbocycles. The number of thiophene rings is 1. The first-order chi connectivity index (χ1) is 10.1. The zero-order valence-corrected chi connectivity index (χ0v) is 11.6. The van der Waals surface area contributed by atoms with Crippen molar-refractivity contribution >= 4 is 33.2 Å². The summed E-state index contributed by atoms with van der Waals surface area (Å²) < 4.78 is 1.94. The van der Waals surface area contributed by atoms with Crippen LogP contribution in [0.25, 0.3) is 10.2 Å². The standard InChI is InChI=1S/C14H11N3O3S/c15-9-3-1-2-8(11(9)14(19)20)6-17-7-16-10-4-5-21-12(10)13(17)18/h1-5,7H,6,15H2,(H,19,20). The number of nitrogen functional groups attached to an aromatic ring is 1. The van der Waals surface area contributed by atoms with E-state index in [4.69, 9.17) is 5.73 Å². The van der Waals surface area contributed by atoms with Crippen molar-refractivity contribution in [3.63, 3.8) is 0 Å². The third kappa shape index (κ3) is 2.27. The minimum Gasteiger partial charge on any atom is -0.478 e. The van der Waals surface area contributed by atoms with Crippen LogP contribution in [0.5, 0.6) is 0 Å². The largest absolute Gasteiger partial charge is 0.478 e. The van der Waals surface area contributed by atoms with E-state index < -0.39 is 5.97 Å². The highest BCUT2D eigenvalue weighted by molar-refractivity contribution is 7.17. The van der Waals surface area contributed by atoms with Gasteiger partial charge < -0.3 is 10.8 Å². The predicted molar refractivity (Wildman–Crippen MR) is 80.8 cm³/mol. The lowest BCUT2D eigenvalue weighted by atomic mass is 10.1. The molecule has 106 valence electrons. The van der Waals surface area contributed by atoms with E-state index in [1.165, 1.54) is 28.3 Å². The van der Waals surface area contributed by atoms with Crippen LogP contribution in [0.4, 0.5) is 5.69 Å². The average molecular weight is 301 g/mol. The van der Waals surface area contributed by atoms with Gasteiger partial charge in [0.05, 0.1) is 24.0 Å². The molecule has 3 rings (SSSR count). The molecule has 0 radical (unpaired) electrons. The Balaban J connectivity index is 2.11. The Hall–Kier alpha value is -2.67. The second kappa shape index (κ2) is 5.02. The Kier molecular flexibility index (Phi) is 3.19. The summed E-state index contributed by atoms with van der Waals surface area (Å²) in [7, 11) is 0. The summed E-state index contributed by atoms with van der Waals surface area (Å²) >= 11 is 1.32. The quantitative estimate of drug-likeness (QED) is 0.719. The molecular formula is C14H11N3O3S. The van der Waals surface area contributed by atoms with Gasteiger partial charge in [-0.05, 0) is 23.1 Å². The molecule has 3 N–H and O–H groups in total. The maximum Gasteiger partial charge on any atom is 0.338 e. The number of aromatic nitrogens is 2. The number of hydrogen-bond donors (Lipinski definition) is 2. The van der Waals surface area contributed by atoms with Gasteiger partial charge in [0.1, 0.15) is 4.70 Å². The van der Waals surface area contributed by atoms with Crippen molar-refractivity contribution in [2.24, 2.45) is 0 Å². The number of rotatable bonds is 3. The highest BCUT2D eigenvalue weighted by atomic mass is 32.1. The fourth-order valence-electron chi connectivity index (χ4n) is 2.19. The SMILES string of the molecule is Nc1cccc(Cn2cnc3ccsc3c2=O)c1C(=O)O. The molecule has 0 unspecified atom stereocenters. The Labute approximate surface area is 123 Å². The van der Waals surface area contributed by atoms with Crippen LogP contribution < -0.4 is 11.3 Å². The molecule has 0 atom stereocenters. The molecule has 0 amide bonds. The molecule has 7 heteroatoms. The van der Waals surface area contributed by atoms with Crippen molar-refractivity contribution < 1.29 is 9.90 Å². The maximum atomic E-state index is 12.3. The van der Waals surface area contributed by atoms with Crippen molar-refractivity contribution in [2.45, 2.75) is 6.54 Å². The van der Waals surface area contributed by atoms with Crippen LogP contribution in [0.3, 0.4) is 0 Å². The van der Waals surface area contributed by atoms with Crippen LogP contribution in [-0.2, 0) is 6.54 Å². The molecule has 0 aliphatic heterocycles. The van der Waals surface area contributed by atoms with E-state index >= 15 is 0 Å². The number of benzene rings is 1. The molecule has 0 spiro atoms. The number of fused-ring (bicyclic) bond motifs is 1. The summed E-state index contributed by atoms with van der Waals surface area (Å²) in [6.45, 7) is 0.117. The van der Waals surface area contributed by atoms with Crippen molar-refractivity contribution in [2.75, 3.05) is 5.73 Å². The van der Waals surface area contributed by atoms with Crippen LogP contribution in [0.2, 0.25) is 0 Å². The second-order valence-corrected chi connectivity index (χ2v) is 5.42. The molecule has 0 bridgehead atoms. The first-order valence-corrected chi connectivity index (χ1v) is 6.99. The predicted octanol–water partition coefficient (Wildman–Crippen LogP) is 1.79. The number of aromatic carboxylic acids is 1. The molecule has 0 aliphatic carbocycles. The number of carbonyl (C=O) groups is 1. The number of carboxylic acid groups (broad SMARTS) is 1. The third-order valence-electron chi connectivity index (χ3n) is 3.17. The van der Waals surface area contributed by atoms with E-state index in [-0.39, 0.29) is 23.4 Å². The average Bonchev–Trinajstić information content (AvgIpc) is 2.91. The zero-order chi connectivity index (χ0) is 15.0. The lowest BCUT2D eigenvalue weighted by Crippen LogP contribution is -2.21. The molecule has 6 nitrogen and oxygen atoms in total. The smallest absolute Gasteiger partial charge is 0.338 e. The minimum atomic E-state index is -1.11. The van der Waals surface area contributed by atoms with Gasteiger partial charge in [0.15, 0.2) is 0 Å². The molecule has 3 aromatic rings. The second-order valence-electron chi connectivity index (χ2n) is 4.50. The van der Waals surface area contributed by atoms with Crippen molar-refractivity contribution in [1.29, 1.82) is 0 Å². The number of nitrogens with zero attached hydrogens (tertiary/aromatic N) is 2. The molecule has 2 heterocycles. The van der Waals surface area contributed by atoms with E-state index in [0.717, 1.165) is 0 Å². The Morgan fingerprint density at radius 1 is 1.38 bits per heavy atom. The Bertz CT molecular complexity index is 898. The first-order valence-electron chi connectivity index (χ1n) is 6.11. The molecule has 1 aromatic carbocycles. The van der Waals surface area contributed by atoms with Gasteiger partial charge in [0, 0.05) is 5.69 Å². The van der Waals surface area contributed by atoms with Crippen LogP contribution in [0.15, 0.2) is 40.8 Å². The van der Waals surface area contributed by atoms with Gasteiger partial charge in [0.25, 0.3) is 5.56 Å². The molecule has 0 aliphatic rings. The van der Waals surface area contributed by atoms with Gasteiger partial charge in [-0.3, -0.25) is 9.36 Å². The summed E-state index contributed by atoms with van der Waals surface area (Å²) in [5.74, 6) is -1.11. The summed E-state index contributed by atoms with van der Waals surface area (Å²) in [6.07, 6.45) is 1.42. The van der Waals surface area contributed by atoms with Gasteiger partial charge in [0.2, 0.25) is 0 Å². The van der Waals surface area contributed by atoms with Crippen LogP contribution in [-0.4, -0.2) is 20.6 Å². The number of carboxylic acids is 1.